The summed E-state index contributed by atoms with van der Waals surface area (Å²) in [6.07, 6.45) is 1.83. The maximum atomic E-state index is 12.8. The van der Waals surface area contributed by atoms with E-state index in [2.05, 4.69) is 0 Å². The SMILES string of the molecule is COc1ccc(OC)c([C@H]2CCCN2C(=O)COc2ccc(Cl)c(C)c2)c1. The second-order valence-corrected chi connectivity index (χ2v) is 6.96. The van der Waals surface area contributed by atoms with Crippen molar-refractivity contribution in [1.29, 1.82) is 0 Å². The van der Waals surface area contributed by atoms with Gasteiger partial charge in [-0.1, -0.05) is 11.6 Å². The molecule has 1 aliphatic rings. The molecule has 1 amide bonds. The smallest absolute Gasteiger partial charge is 0.261 e. The highest BCUT2D eigenvalue weighted by Crippen LogP contribution is 2.39. The third kappa shape index (κ3) is 4.30. The van der Waals surface area contributed by atoms with Crippen molar-refractivity contribution >= 4 is 17.5 Å². The van der Waals surface area contributed by atoms with Crippen LogP contribution in [-0.4, -0.2) is 38.2 Å². The summed E-state index contributed by atoms with van der Waals surface area (Å²) < 4.78 is 16.5. The van der Waals surface area contributed by atoms with Gasteiger partial charge < -0.3 is 19.1 Å². The fourth-order valence-electron chi connectivity index (χ4n) is 3.42. The number of hydrogen-bond donors (Lipinski definition) is 0. The van der Waals surface area contributed by atoms with Crippen molar-refractivity contribution < 1.29 is 19.0 Å². The van der Waals surface area contributed by atoms with E-state index in [-0.39, 0.29) is 18.6 Å². The zero-order chi connectivity index (χ0) is 19.4. The van der Waals surface area contributed by atoms with Crippen molar-refractivity contribution in [3.63, 3.8) is 0 Å². The number of carbonyl (C=O) groups is 1. The molecule has 0 radical (unpaired) electrons. The van der Waals surface area contributed by atoms with Crippen LogP contribution >= 0.6 is 11.6 Å². The number of ether oxygens (including phenoxy) is 3. The first-order valence-corrected chi connectivity index (χ1v) is 9.31. The second-order valence-electron chi connectivity index (χ2n) is 6.55. The van der Waals surface area contributed by atoms with Gasteiger partial charge in [0.25, 0.3) is 5.91 Å². The Hall–Kier alpha value is -2.40. The highest BCUT2D eigenvalue weighted by atomic mass is 35.5. The van der Waals surface area contributed by atoms with E-state index in [1.807, 2.05) is 36.1 Å². The van der Waals surface area contributed by atoms with Crippen LogP contribution in [0.15, 0.2) is 36.4 Å². The molecule has 1 atom stereocenters. The summed E-state index contributed by atoms with van der Waals surface area (Å²) in [5, 5.41) is 0.679. The van der Waals surface area contributed by atoms with Gasteiger partial charge in [0.15, 0.2) is 6.61 Å². The zero-order valence-corrected chi connectivity index (χ0v) is 16.6. The Morgan fingerprint density at radius 1 is 1.15 bits per heavy atom. The van der Waals surface area contributed by atoms with E-state index in [9.17, 15) is 4.79 Å². The predicted molar refractivity (Wildman–Crippen MR) is 105 cm³/mol. The number of benzene rings is 2. The highest BCUT2D eigenvalue weighted by Gasteiger charge is 2.32. The normalized spacial score (nSPS) is 16.3. The molecule has 1 saturated heterocycles. The molecule has 0 saturated carbocycles. The monoisotopic (exact) mass is 389 g/mol. The van der Waals surface area contributed by atoms with Gasteiger partial charge in [0.05, 0.1) is 20.3 Å². The lowest BCUT2D eigenvalue weighted by Gasteiger charge is -2.26. The summed E-state index contributed by atoms with van der Waals surface area (Å²) >= 11 is 6.03. The standard InChI is InChI=1S/C21H24ClNO4/c1-14-11-16(6-8-18(14)22)27-13-21(24)23-10-4-5-19(23)17-12-15(25-2)7-9-20(17)26-3/h6-9,11-12,19H,4-5,10,13H2,1-3H3/t19-/m1/s1. The summed E-state index contributed by atoms with van der Waals surface area (Å²) in [7, 11) is 3.27. The van der Waals surface area contributed by atoms with E-state index in [1.54, 1.807) is 26.4 Å². The van der Waals surface area contributed by atoms with Crippen LogP contribution in [0, 0.1) is 6.92 Å². The van der Waals surface area contributed by atoms with E-state index in [0.29, 0.717) is 17.3 Å². The molecule has 1 fully saturated rings. The van der Waals surface area contributed by atoms with E-state index in [1.165, 1.54) is 0 Å². The van der Waals surface area contributed by atoms with E-state index in [4.69, 9.17) is 25.8 Å². The van der Waals surface area contributed by atoms with Crippen LogP contribution in [0.4, 0.5) is 0 Å². The fourth-order valence-corrected chi connectivity index (χ4v) is 3.54. The van der Waals surface area contributed by atoms with Gasteiger partial charge in [-0.25, -0.2) is 0 Å². The topological polar surface area (TPSA) is 48.0 Å². The molecule has 0 aromatic heterocycles. The number of hydrogen-bond acceptors (Lipinski definition) is 4. The van der Waals surface area contributed by atoms with Crippen molar-refractivity contribution in [3.05, 3.63) is 52.5 Å². The second kappa shape index (κ2) is 8.53. The van der Waals surface area contributed by atoms with Gasteiger partial charge in [0.2, 0.25) is 0 Å². The molecule has 3 rings (SSSR count). The van der Waals surface area contributed by atoms with Crippen LogP contribution in [0.25, 0.3) is 0 Å². The highest BCUT2D eigenvalue weighted by molar-refractivity contribution is 6.31. The van der Waals surface area contributed by atoms with Crippen molar-refractivity contribution in [1.82, 2.24) is 4.90 Å². The van der Waals surface area contributed by atoms with Crippen LogP contribution < -0.4 is 14.2 Å². The molecule has 0 N–H and O–H groups in total. The summed E-state index contributed by atoms with van der Waals surface area (Å²) in [6.45, 7) is 2.60. The number of amides is 1. The molecule has 1 heterocycles. The molecule has 0 bridgehead atoms. The van der Waals surface area contributed by atoms with Gasteiger partial charge in [0.1, 0.15) is 17.2 Å². The number of methoxy groups -OCH3 is 2. The Balaban J connectivity index is 1.74. The molecule has 2 aromatic rings. The maximum Gasteiger partial charge on any atom is 0.261 e. The Morgan fingerprint density at radius 2 is 1.93 bits per heavy atom. The molecule has 5 nitrogen and oxygen atoms in total. The number of rotatable bonds is 6. The van der Waals surface area contributed by atoms with E-state index >= 15 is 0 Å². The van der Waals surface area contributed by atoms with E-state index in [0.717, 1.165) is 35.5 Å². The van der Waals surface area contributed by atoms with Crippen LogP contribution in [0.1, 0.15) is 30.0 Å². The number of likely N-dealkylation sites (tertiary alicyclic amines) is 1. The van der Waals surface area contributed by atoms with Crippen molar-refractivity contribution in [2.75, 3.05) is 27.4 Å². The first-order valence-electron chi connectivity index (χ1n) is 8.94. The van der Waals surface area contributed by atoms with Crippen molar-refractivity contribution in [2.24, 2.45) is 0 Å². The average Bonchev–Trinajstić information content (AvgIpc) is 3.17. The number of halogens is 1. The summed E-state index contributed by atoms with van der Waals surface area (Å²) in [5.74, 6) is 2.10. The van der Waals surface area contributed by atoms with Crippen LogP contribution in [0.5, 0.6) is 17.2 Å². The fraction of sp³-hybridized carbons (Fsp3) is 0.381. The van der Waals surface area contributed by atoms with E-state index < -0.39 is 0 Å². The van der Waals surface area contributed by atoms with Gasteiger partial charge in [-0.3, -0.25) is 4.79 Å². The molecule has 0 aliphatic carbocycles. The molecule has 1 aliphatic heterocycles. The lowest BCUT2D eigenvalue weighted by molar-refractivity contribution is -0.134. The predicted octanol–water partition coefficient (Wildman–Crippen LogP) is 4.41. The van der Waals surface area contributed by atoms with Gasteiger partial charge in [-0.05, 0) is 61.7 Å². The summed E-state index contributed by atoms with van der Waals surface area (Å²) in [4.78, 5) is 14.7. The quantitative estimate of drug-likeness (QED) is 0.734. The molecule has 0 unspecified atom stereocenters. The minimum Gasteiger partial charge on any atom is -0.497 e. The molecule has 2 aromatic carbocycles. The lowest BCUT2D eigenvalue weighted by Crippen LogP contribution is -2.34. The van der Waals surface area contributed by atoms with Crippen molar-refractivity contribution in [3.8, 4) is 17.2 Å². The molecular weight excluding hydrogens is 366 g/mol. The molecule has 0 spiro atoms. The van der Waals surface area contributed by atoms with Gasteiger partial charge in [-0.15, -0.1) is 0 Å². The largest absolute Gasteiger partial charge is 0.497 e. The maximum absolute atomic E-state index is 12.8. The first-order chi connectivity index (χ1) is 13.0. The van der Waals surface area contributed by atoms with Gasteiger partial charge >= 0.3 is 0 Å². The van der Waals surface area contributed by atoms with Gasteiger partial charge in [0, 0.05) is 17.1 Å². The Bertz CT molecular complexity index is 824. The third-order valence-corrected chi connectivity index (χ3v) is 5.28. The molecule has 6 heteroatoms. The number of aryl methyl sites for hydroxylation is 1. The Morgan fingerprint density at radius 3 is 2.63 bits per heavy atom. The Labute approximate surface area is 164 Å². The molecular formula is C21H24ClNO4. The minimum atomic E-state index is -0.0463. The zero-order valence-electron chi connectivity index (χ0n) is 15.8. The molecule has 144 valence electrons. The Kier molecular flexibility index (Phi) is 6.11. The summed E-state index contributed by atoms with van der Waals surface area (Å²) in [6, 6.07) is 11.0. The average molecular weight is 390 g/mol. The summed E-state index contributed by atoms with van der Waals surface area (Å²) in [5.41, 5.74) is 1.88. The van der Waals surface area contributed by atoms with Gasteiger partial charge in [-0.2, -0.15) is 0 Å². The van der Waals surface area contributed by atoms with Crippen LogP contribution in [-0.2, 0) is 4.79 Å². The van der Waals surface area contributed by atoms with Crippen molar-refractivity contribution in [2.45, 2.75) is 25.8 Å². The minimum absolute atomic E-state index is 0.0101. The number of carbonyl (C=O) groups excluding carboxylic acids is 1. The third-order valence-electron chi connectivity index (χ3n) is 4.86. The molecule has 27 heavy (non-hydrogen) atoms. The first kappa shape index (κ1) is 19.4. The van der Waals surface area contributed by atoms with Crippen LogP contribution in [0.2, 0.25) is 5.02 Å². The number of nitrogens with zero attached hydrogens (tertiary/aromatic N) is 1. The van der Waals surface area contributed by atoms with Crippen LogP contribution in [0.3, 0.4) is 0 Å². The lowest BCUT2D eigenvalue weighted by atomic mass is 10.0.